The molecular formula is C85H83F6N25O3. The number of aromatic nitrogens is 16. The van der Waals surface area contributed by atoms with E-state index in [1.807, 2.05) is 53.2 Å². The maximum absolute atomic E-state index is 13.6. The van der Waals surface area contributed by atoms with E-state index in [-0.39, 0.29) is 72.3 Å². The number of halogens is 6. The van der Waals surface area contributed by atoms with E-state index in [4.69, 9.17) is 0 Å². The van der Waals surface area contributed by atoms with Crippen LogP contribution in [0.1, 0.15) is 25.5 Å². The maximum Gasteiger partial charge on any atom is 0.244 e. The van der Waals surface area contributed by atoms with E-state index in [0.29, 0.717) is 165 Å². The summed E-state index contributed by atoms with van der Waals surface area (Å²) in [5.41, 5.74) is 4.63. The molecule has 1 saturated carbocycles. The Labute approximate surface area is 681 Å². The van der Waals surface area contributed by atoms with Gasteiger partial charge in [0.25, 0.3) is 0 Å². The average molecular weight is 1620 g/mol. The van der Waals surface area contributed by atoms with E-state index in [0.717, 1.165) is 41.3 Å². The van der Waals surface area contributed by atoms with Gasteiger partial charge in [0.15, 0.2) is 34.9 Å². The lowest BCUT2D eigenvalue weighted by molar-refractivity contribution is -0.133. The van der Waals surface area contributed by atoms with Gasteiger partial charge in [-0.05, 0) is 177 Å². The molecule has 0 atom stereocenters. The minimum atomic E-state index is -0.377. The number of carbonyl (C=O) groups is 3. The highest BCUT2D eigenvalue weighted by Crippen LogP contribution is 2.32. The Morgan fingerprint density at radius 3 is 1.05 bits per heavy atom. The third-order valence-electron chi connectivity index (χ3n) is 20.8. The molecule has 10 heterocycles. The predicted molar refractivity (Wildman–Crippen MR) is 437 cm³/mol. The van der Waals surface area contributed by atoms with Crippen LogP contribution in [0.4, 0.5) is 61.2 Å². The van der Waals surface area contributed by atoms with Gasteiger partial charge in [0.1, 0.15) is 108 Å². The van der Waals surface area contributed by atoms with Crippen molar-refractivity contribution in [1.82, 2.24) is 93.9 Å². The molecule has 3 amide bonds. The van der Waals surface area contributed by atoms with Gasteiger partial charge in [0.2, 0.25) is 17.7 Å². The number of rotatable bonds is 22. The van der Waals surface area contributed by atoms with Crippen LogP contribution in [0.15, 0.2) is 207 Å². The van der Waals surface area contributed by atoms with Crippen LogP contribution in [-0.2, 0) is 40.6 Å². The first-order valence-corrected chi connectivity index (χ1v) is 38.9. The minimum absolute atomic E-state index is 0.0231. The lowest BCUT2D eigenvalue weighted by atomic mass is 10.2. The molecule has 0 unspecified atom stereocenters. The van der Waals surface area contributed by atoms with Crippen molar-refractivity contribution in [3.8, 4) is 68.3 Å². The SMILES string of the molecule is CCN(C)c1cc(N2CCN(C(=O)Cn3nc(-c4ccc(F)cc4)nc3-c3ccc(F)cc3)CC2)ncn1.CN(c1cc(N2CCN(C(=O)Cn3nc(-c4ccc(F)cc4)nc3-c3ccc(F)cc3)CC2)ncn1)C1CC1.O=C(Cn1nc(-c2ccc(F)cc2)nc1-c1ccc(F)cc1)N1CCN(c2cc(NCc3ccccn3)ncn2)CC1. The van der Waals surface area contributed by atoms with Gasteiger partial charge in [-0.3, -0.25) is 19.4 Å². The summed E-state index contributed by atoms with van der Waals surface area (Å²) >= 11 is 0. The Balaban J connectivity index is 0.000000140. The highest BCUT2D eigenvalue weighted by molar-refractivity contribution is 5.79. The van der Waals surface area contributed by atoms with Gasteiger partial charge in [0.05, 0.1) is 12.2 Å². The molecule has 28 nitrogen and oxygen atoms in total. The van der Waals surface area contributed by atoms with Crippen LogP contribution in [0.5, 0.6) is 0 Å². The van der Waals surface area contributed by atoms with E-state index in [1.165, 1.54) is 106 Å². The number of piperazine rings is 3. The second-order valence-electron chi connectivity index (χ2n) is 28.7. The van der Waals surface area contributed by atoms with E-state index in [9.17, 15) is 40.7 Å². The Hall–Kier alpha value is -14.1. The molecule has 6 aromatic carbocycles. The monoisotopic (exact) mass is 1620 g/mol. The molecule has 3 saturated heterocycles. The molecule has 0 radical (unpaired) electrons. The first-order chi connectivity index (χ1) is 57.9. The Kier molecular flexibility index (Phi) is 24.8. The molecule has 4 aliphatic rings. The van der Waals surface area contributed by atoms with Crippen molar-refractivity contribution >= 4 is 52.6 Å². The van der Waals surface area contributed by atoms with Gasteiger partial charge in [-0.15, -0.1) is 15.3 Å². The van der Waals surface area contributed by atoms with Gasteiger partial charge < -0.3 is 44.5 Å². The summed E-state index contributed by atoms with van der Waals surface area (Å²) in [7, 11) is 4.04. The number of nitrogens with zero attached hydrogens (tertiary/aromatic N) is 24. The van der Waals surface area contributed by atoms with Gasteiger partial charge in [0, 0.05) is 163 Å². The molecule has 119 heavy (non-hydrogen) atoms. The van der Waals surface area contributed by atoms with Gasteiger partial charge >= 0.3 is 0 Å². The lowest BCUT2D eigenvalue weighted by Crippen LogP contribution is -2.50. The number of hydrogen-bond donors (Lipinski definition) is 1. The Bertz CT molecular complexity index is 5610. The number of benzene rings is 6. The molecule has 0 bridgehead atoms. The van der Waals surface area contributed by atoms with Crippen LogP contribution < -0.4 is 29.8 Å². The summed E-state index contributed by atoms with van der Waals surface area (Å²) in [6.45, 7) is 10.3. The fourth-order valence-corrected chi connectivity index (χ4v) is 13.7. The van der Waals surface area contributed by atoms with Crippen LogP contribution >= 0.6 is 0 Å². The van der Waals surface area contributed by atoms with Gasteiger partial charge in [-0.1, -0.05) is 6.07 Å². The third kappa shape index (κ3) is 20.1. The molecule has 13 aromatic rings. The Morgan fingerprint density at radius 2 is 0.714 bits per heavy atom. The van der Waals surface area contributed by atoms with E-state index in [2.05, 4.69) is 104 Å². The predicted octanol–water partition coefficient (Wildman–Crippen LogP) is 11.1. The first-order valence-electron chi connectivity index (χ1n) is 38.9. The van der Waals surface area contributed by atoms with Crippen LogP contribution in [0.25, 0.3) is 68.3 Å². The lowest BCUT2D eigenvalue weighted by Gasteiger charge is -2.35. The normalized spacial score (nSPS) is 14.1. The largest absolute Gasteiger partial charge is 0.364 e. The zero-order valence-corrected chi connectivity index (χ0v) is 65.4. The molecule has 0 spiro atoms. The number of pyridine rings is 1. The van der Waals surface area contributed by atoms with Crippen LogP contribution in [0.3, 0.4) is 0 Å². The summed E-state index contributed by atoms with van der Waals surface area (Å²) in [6, 6.07) is 47.3. The minimum Gasteiger partial charge on any atom is -0.364 e. The molecule has 3 aliphatic heterocycles. The van der Waals surface area contributed by atoms with Crippen LogP contribution in [0.2, 0.25) is 0 Å². The van der Waals surface area contributed by atoms with E-state index in [1.54, 1.807) is 101 Å². The molecular weight excluding hydrogens is 1530 g/mol. The standard InChI is InChI=1S/C30H27F2N9O.C28H28F2N8O.C27H28F2N8O/c31-23-8-4-21(5-9-23)29-37-30(22-6-10-24(32)11-7-22)41(38-29)19-28(42)40-15-13-39(14-16-40)27-17-26(35-20-36-27)34-18-25-3-1-2-12-33-25;1-35(23-10-11-23)24-16-25(32-18-31-24)36-12-14-37(15-13-36)26(39)17-38-28(20-4-8-22(30)9-5-20)33-27(34-38)19-2-6-21(29)7-3-19;1-3-34(2)23-16-24(31-18-30-23)35-12-14-36(15-13-35)25(38)17-37-27(20-6-10-22(29)11-7-20)32-26(33-37)19-4-8-21(28)9-5-19/h1-12,17,20H,13-16,18-19H2,(H,34,35,36);2-9,16,18,23H,10-15,17H2,1H3;4-11,16,18H,3,12-15,17H2,1-2H3. The van der Waals surface area contributed by atoms with E-state index < -0.39 is 0 Å². The van der Waals surface area contributed by atoms with Crippen molar-refractivity contribution in [2.45, 2.75) is 52.0 Å². The molecule has 1 N–H and O–H groups in total. The van der Waals surface area contributed by atoms with Gasteiger partial charge in [-0.2, -0.15) is 0 Å². The topological polar surface area (TPSA) is 272 Å². The second kappa shape index (κ2) is 36.8. The van der Waals surface area contributed by atoms with Crippen LogP contribution in [-0.4, -0.2) is 217 Å². The highest BCUT2D eigenvalue weighted by Gasteiger charge is 2.31. The number of hydrogen-bond acceptors (Lipinski definition) is 22. The zero-order valence-electron chi connectivity index (χ0n) is 65.4. The second-order valence-corrected chi connectivity index (χ2v) is 28.7. The first kappa shape index (κ1) is 80.1. The number of amides is 3. The molecule has 608 valence electrons. The summed E-state index contributed by atoms with van der Waals surface area (Å²) < 4.78 is 85.6. The highest BCUT2D eigenvalue weighted by atomic mass is 19.1. The van der Waals surface area contributed by atoms with Crippen LogP contribution in [0, 0.1) is 34.9 Å². The molecule has 17 rings (SSSR count). The fourth-order valence-electron chi connectivity index (χ4n) is 13.7. The van der Waals surface area contributed by atoms with Crippen molar-refractivity contribution in [3.05, 3.63) is 248 Å². The van der Waals surface area contributed by atoms with Crippen molar-refractivity contribution < 1.29 is 40.7 Å². The zero-order chi connectivity index (χ0) is 82.5. The van der Waals surface area contributed by atoms with Crippen molar-refractivity contribution in [2.75, 3.05) is 129 Å². The van der Waals surface area contributed by atoms with Crippen molar-refractivity contribution in [3.63, 3.8) is 0 Å². The average Bonchev–Trinajstić information content (AvgIpc) is 1.69. The summed E-state index contributed by atoms with van der Waals surface area (Å²) in [5, 5.41) is 16.9. The van der Waals surface area contributed by atoms with Crippen molar-refractivity contribution in [2.24, 2.45) is 0 Å². The number of carbonyl (C=O) groups excluding carboxylic acids is 3. The smallest absolute Gasteiger partial charge is 0.244 e. The molecule has 7 aromatic heterocycles. The molecule has 34 heteroatoms. The Morgan fingerprint density at radius 1 is 0.387 bits per heavy atom. The van der Waals surface area contributed by atoms with Gasteiger partial charge in [-0.25, -0.2) is 85.2 Å². The third-order valence-corrected chi connectivity index (χ3v) is 20.8. The maximum atomic E-state index is 13.6. The van der Waals surface area contributed by atoms with Crippen molar-refractivity contribution in [1.29, 1.82) is 0 Å². The fraction of sp³-hybridized carbons (Fsp3) is 0.271. The molecule has 4 fully saturated rings. The number of nitrogens with one attached hydrogen (secondary N) is 1. The summed E-state index contributed by atoms with van der Waals surface area (Å²) in [5.74, 6) is 4.79. The quantitative estimate of drug-likeness (QED) is 0.0618. The molecule has 1 aliphatic carbocycles. The summed E-state index contributed by atoms with van der Waals surface area (Å²) in [4.78, 5) is 101. The summed E-state index contributed by atoms with van der Waals surface area (Å²) in [6.07, 6.45) is 8.82. The van der Waals surface area contributed by atoms with E-state index >= 15 is 0 Å². The number of anilines is 6.